The van der Waals surface area contributed by atoms with Crippen LogP contribution in [0.1, 0.15) is 33.3 Å². The van der Waals surface area contributed by atoms with E-state index in [0.717, 1.165) is 23.2 Å². The van der Waals surface area contributed by atoms with Crippen LogP contribution in [-0.4, -0.2) is 28.8 Å². The minimum absolute atomic E-state index is 0.0851. The first-order valence-electron chi connectivity index (χ1n) is 9.05. The largest absolute Gasteiger partial charge is 0.370 e. The van der Waals surface area contributed by atoms with Gasteiger partial charge in [0.15, 0.2) is 0 Å². The molecule has 3 aromatic rings. The first-order valence-corrected chi connectivity index (χ1v) is 9.43. The molecule has 1 amide bonds. The Balaban J connectivity index is 1.46. The number of amides is 1. The molecule has 1 unspecified atom stereocenters. The molecule has 0 saturated carbocycles. The van der Waals surface area contributed by atoms with Gasteiger partial charge < -0.3 is 10.1 Å². The van der Waals surface area contributed by atoms with Crippen LogP contribution in [0.2, 0.25) is 5.02 Å². The van der Waals surface area contributed by atoms with Crippen LogP contribution in [0.3, 0.4) is 0 Å². The molecule has 144 valence electrons. The molecule has 28 heavy (non-hydrogen) atoms. The zero-order valence-corrected chi connectivity index (χ0v) is 15.8. The summed E-state index contributed by atoms with van der Waals surface area (Å²) in [4.78, 5) is 12.3. The Hall–Kier alpha value is -2.70. The standard InChI is InChI=1S/C21H19ClFN3O2/c22-16-6-7-18(23)17(10-16)21(27)24-11-19-20-15(8-9-28-19)13-26(25-20)12-14-4-2-1-3-5-14/h1-7,10,13,19H,8-9,11-12H2,(H,24,27). The van der Waals surface area contributed by atoms with Gasteiger partial charge in [0.1, 0.15) is 11.9 Å². The van der Waals surface area contributed by atoms with Crippen molar-refractivity contribution in [2.45, 2.75) is 19.1 Å². The van der Waals surface area contributed by atoms with Crippen molar-refractivity contribution in [3.05, 3.63) is 88.0 Å². The quantitative estimate of drug-likeness (QED) is 0.710. The average Bonchev–Trinajstić information content (AvgIpc) is 3.11. The molecule has 7 heteroatoms. The lowest BCUT2D eigenvalue weighted by Crippen LogP contribution is -2.32. The van der Waals surface area contributed by atoms with E-state index in [2.05, 4.69) is 22.5 Å². The monoisotopic (exact) mass is 399 g/mol. The van der Waals surface area contributed by atoms with Crippen LogP contribution in [0.5, 0.6) is 0 Å². The van der Waals surface area contributed by atoms with Crippen molar-refractivity contribution in [1.82, 2.24) is 15.1 Å². The van der Waals surface area contributed by atoms with Gasteiger partial charge in [-0.15, -0.1) is 0 Å². The van der Waals surface area contributed by atoms with E-state index >= 15 is 0 Å². The highest BCUT2D eigenvalue weighted by Gasteiger charge is 2.26. The number of aromatic nitrogens is 2. The van der Waals surface area contributed by atoms with Gasteiger partial charge in [-0.2, -0.15) is 5.10 Å². The van der Waals surface area contributed by atoms with Gasteiger partial charge in [0.2, 0.25) is 0 Å². The SMILES string of the molecule is O=C(NCC1OCCc2cn(Cc3ccccc3)nc21)c1cc(Cl)ccc1F. The number of halogens is 2. The molecule has 0 saturated heterocycles. The third-order valence-electron chi connectivity index (χ3n) is 4.67. The maximum Gasteiger partial charge on any atom is 0.254 e. The summed E-state index contributed by atoms with van der Waals surface area (Å²) in [6.45, 7) is 1.43. The normalized spacial score (nSPS) is 15.9. The third-order valence-corrected chi connectivity index (χ3v) is 4.91. The second-order valence-corrected chi connectivity index (χ2v) is 7.10. The molecular weight excluding hydrogens is 381 g/mol. The summed E-state index contributed by atoms with van der Waals surface area (Å²) in [6, 6.07) is 14.0. The molecule has 2 heterocycles. The summed E-state index contributed by atoms with van der Waals surface area (Å²) in [5, 5.41) is 7.69. The van der Waals surface area contributed by atoms with Crippen molar-refractivity contribution >= 4 is 17.5 Å². The van der Waals surface area contributed by atoms with Crippen LogP contribution in [0.4, 0.5) is 4.39 Å². The Bertz CT molecular complexity index is 991. The Morgan fingerprint density at radius 3 is 2.93 bits per heavy atom. The smallest absolute Gasteiger partial charge is 0.254 e. The molecule has 1 aromatic heterocycles. The number of hydrogen-bond donors (Lipinski definition) is 1. The minimum atomic E-state index is -0.612. The van der Waals surface area contributed by atoms with E-state index in [0.29, 0.717) is 18.2 Å². The second-order valence-electron chi connectivity index (χ2n) is 6.67. The van der Waals surface area contributed by atoms with E-state index in [1.54, 1.807) is 0 Å². The molecule has 4 rings (SSSR count). The highest BCUT2D eigenvalue weighted by molar-refractivity contribution is 6.31. The fraction of sp³-hybridized carbons (Fsp3) is 0.238. The van der Waals surface area contributed by atoms with Crippen molar-refractivity contribution in [3.8, 4) is 0 Å². The number of hydrogen-bond acceptors (Lipinski definition) is 3. The number of nitrogens with zero attached hydrogens (tertiary/aromatic N) is 2. The Labute approximate surface area is 167 Å². The fourth-order valence-electron chi connectivity index (χ4n) is 3.29. The van der Waals surface area contributed by atoms with Crippen LogP contribution < -0.4 is 5.32 Å². The summed E-state index contributed by atoms with van der Waals surface area (Å²) in [7, 11) is 0. The predicted molar refractivity (Wildman–Crippen MR) is 104 cm³/mol. The van der Waals surface area contributed by atoms with E-state index in [1.807, 2.05) is 29.1 Å². The van der Waals surface area contributed by atoms with Crippen LogP contribution in [0, 0.1) is 5.82 Å². The Morgan fingerprint density at radius 1 is 1.29 bits per heavy atom. The van der Waals surface area contributed by atoms with Gasteiger partial charge in [0, 0.05) is 17.8 Å². The number of ether oxygens (including phenoxy) is 1. The molecule has 1 atom stereocenters. The first-order chi connectivity index (χ1) is 13.6. The summed E-state index contributed by atoms with van der Waals surface area (Å²) in [6.07, 6.45) is 2.43. The summed E-state index contributed by atoms with van der Waals surface area (Å²) in [5.41, 5.74) is 2.99. The molecule has 1 N–H and O–H groups in total. The van der Waals surface area contributed by atoms with E-state index < -0.39 is 11.7 Å². The number of fused-ring (bicyclic) bond motifs is 1. The second kappa shape index (κ2) is 8.12. The maximum absolute atomic E-state index is 13.9. The van der Waals surface area contributed by atoms with Crippen LogP contribution in [0.15, 0.2) is 54.7 Å². The molecule has 0 bridgehead atoms. The third kappa shape index (κ3) is 4.08. The van der Waals surface area contributed by atoms with Crippen LogP contribution >= 0.6 is 11.6 Å². The lowest BCUT2D eigenvalue weighted by molar-refractivity contribution is 0.0383. The maximum atomic E-state index is 13.9. The van der Waals surface area contributed by atoms with Crippen molar-refractivity contribution in [1.29, 1.82) is 0 Å². The van der Waals surface area contributed by atoms with Crippen LogP contribution in [0.25, 0.3) is 0 Å². The number of rotatable bonds is 5. The van der Waals surface area contributed by atoms with Crippen molar-refractivity contribution in [2.24, 2.45) is 0 Å². The number of nitrogens with one attached hydrogen (secondary N) is 1. The summed E-state index contributed by atoms with van der Waals surface area (Å²) >= 11 is 5.86. The minimum Gasteiger partial charge on any atom is -0.370 e. The topological polar surface area (TPSA) is 56.1 Å². The van der Waals surface area contributed by atoms with Crippen molar-refractivity contribution in [2.75, 3.05) is 13.2 Å². The van der Waals surface area contributed by atoms with Gasteiger partial charge in [-0.25, -0.2) is 4.39 Å². The highest BCUT2D eigenvalue weighted by Crippen LogP contribution is 2.26. The molecule has 0 radical (unpaired) electrons. The molecule has 2 aromatic carbocycles. The molecular formula is C21H19ClFN3O2. The number of carbonyl (C=O) groups is 1. The van der Waals surface area contributed by atoms with Gasteiger partial charge in [-0.05, 0) is 35.7 Å². The molecule has 5 nitrogen and oxygen atoms in total. The molecule has 1 aliphatic heterocycles. The van der Waals surface area contributed by atoms with Gasteiger partial charge >= 0.3 is 0 Å². The average molecular weight is 400 g/mol. The summed E-state index contributed by atoms with van der Waals surface area (Å²) < 4.78 is 21.6. The molecule has 0 spiro atoms. The first kappa shape index (κ1) is 18.7. The molecule has 1 aliphatic rings. The molecule has 0 fully saturated rings. The number of benzene rings is 2. The van der Waals surface area contributed by atoms with Gasteiger partial charge in [0.25, 0.3) is 5.91 Å². The zero-order valence-electron chi connectivity index (χ0n) is 15.1. The van der Waals surface area contributed by atoms with E-state index in [9.17, 15) is 9.18 Å². The van der Waals surface area contributed by atoms with Gasteiger partial charge in [0.05, 0.1) is 24.4 Å². The Morgan fingerprint density at radius 2 is 2.11 bits per heavy atom. The lowest BCUT2D eigenvalue weighted by atomic mass is 10.1. The van der Waals surface area contributed by atoms with Crippen molar-refractivity contribution < 1.29 is 13.9 Å². The molecule has 0 aliphatic carbocycles. The summed E-state index contributed by atoms with van der Waals surface area (Å²) in [5.74, 6) is -1.14. The van der Waals surface area contributed by atoms with Crippen molar-refractivity contribution in [3.63, 3.8) is 0 Å². The zero-order chi connectivity index (χ0) is 19.5. The van der Waals surface area contributed by atoms with Gasteiger partial charge in [-0.3, -0.25) is 9.48 Å². The van der Waals surface area contributed by atoms with E-state index in [-0.39, 0.29) is 18.2 Å². The fourth-order valence-corrected chi connectivity index (χ4v) is 3.46. The highest BCUT2D eigenvalue weighted by atomic mass is 35.5. The van der Waals surface area contributed by atoms with Crippen LogP contribution in [-0.2, 0) is 17.7 Å². The Kier molecular flexibility index (Phi) is 5.41. The van der Waals surface area contributed by atoms with Gasteiger partial charge in [-0.1, -0.05) is 41.9 Å². The van der Waals surface area contributed by atoms with E-state index in [4.69, 9.17) is 16.3 Å². The predicted octanol–water partition coefficient (Wildman–Crippen LogP) is 3.77. The number of carbonyl (C=O) groups excluding carboxylic acids is 1. The van der Waals surface area contributed by atoms with E-state index in [1.165, 1.54) is 18.2 Å². The lowest BCUT2D eigenvalue weighted by Gasteiger charge is -2.22.